The van der Waals surface area contributed by atoms with Gasteiger partial charge in [-0.05, 0) is 64.6 Å². The van der Waals surface area contributed by atoms with Crippen LogP contribution in [0.2, 0.25) is 0 Å². The van der Waals surface area contributed by atoms with Gasteiger partial charge in [0.1, 0.15) is 12.1 Å². The zero-order valence-electron chi connectivity index (χ0n) is 18.4. The standard InChI is InChI=1S/C20H35N5O.C2H6.H2/c1-14-10-21-9-7-19(14)20(25-11-16-5-6-17(12-25)24-16)23-15(2)26-13-18-4-3-8-22-18;1-2;/h15-18,21-22,24H,3-13H2,1-2H3;1-2H3;1H/b23-20+;;/t15?,16?,17?,18-;;/m0../s1. The molecule has 6 nitrogen and oxygen atoms in total. The van der Waals surface area contributed by atoms with Crippen LogP contribution in [0.25, 0.3) is 0 Å². The maximum Gasteiger partial charge on any atom is 0.147 e. The van der Waals surface area contributed by atoms with Gasteiger partial charge in [0.05, 0.1) is 6.61 Å². The summed E-state index contributed by atoms with van der Waals surface area (Å²) in [5, 5.41) is 10.7. The predicted molar refractivity (Wildman–Crippen MR) is 119 cm³/mol. The largest absolute Gasteiger partial charge is 0.355 e. The second-order valence-corrected chi connectivity index (χ2v) is 8.41. The highest BCUT2D eigenvalue weighted by Crippen LogP contribution is 2.25. The van der Waals surface area contributed by atoms with Gasteiger partial charge < -0.3 is 25.6 Å². The highest BCUT2D eigenvalue weighted by Gasteiger charge is 2.35. The maximum absolute atomic E-state index is 6.11. The van der Waals surface area contributed by atoms with Gasteiger partial charge in [-0.15, -0.1) is 0 Å². The zero-order valence-corrected chi connectivity index (χ0v) is 18.4. The van der Waals surface area contributed by atoms with Crippen molar-refractivity contribution in [2.24, 2.45) is 4.99 Å². The lowest BCUT2D eigenvalue weighted by Gasteiger charge is -2.37. The molecule has 0 spiro atoms. The molecule has 3 fully saturated rings. The van der Waals surface area contributed by atoms with Crippen molar-refractivity contribution < 1.29 is 6.16 Å². The average molecular weight is 394 g/mol. The van der Waals surface area contributed by atoms with Crippen LogP contribution in [0.1, 0.15) is 61.2 Å². The fourth-order valence-electron chi connectivity index (χ4n) is 4.80. The number of nitrogens with zero attached hydrogens (tertiary/aromatic N) is 2. The number of rotatable bonds is 5. The van der Waals surface area contributed by atoms with E-state index in [0.29, 0.717) is 18.1 Å². The molecule has 4 atom stereocenters. The van der Waals surface area contributed by atoms with Crippen molar-refractivity contribution in [3.05, 3.63) is 11.1 Å². The molecule has 0 aromatic heterocycles. The lowest BCUT2D eigenvalue weighted by molar-refractivity contribution is 0.0578. The van der Waals surface area contributed by atoms with Crippen LogP contribution in [-0.4, -0.2) is 74.4 Å². The fraction of sp³-hybridized carbons (Fsp3) is 0.864. The summed E-state index contributed by atoms with van der Waals surface area (Å²) in [7, 11) is 0. The number of likely N-dealkylation sites (tertiary alicyclic amines) is 1. The van der Waals surface area contributed by atoms with E-state index < -0.39 is 0 Å². The van der Waals surface area contributed by atoms with Crippen molar-refractivity contribution in [2.75, 3.05) is 39.3 Å². The lowest BCUT2D eigenvalue weighted by Crippen LogP contribution is -2.54. The number of ether oxygens (including phenoxy) is 1. The molecule has 4 aliphatic heterocycles. The van der Waals surface area contributed by atoms with E-state index in [-0.39, 0.29) is 7.65 Å². The maximum atomic E-state index is 6.11. The molecule has 0 radical (unpaired) electrons. The van der Waals surface area contributed by atoms with Crippen LogP contribution in [0.4, 0.5) is 0 Å². The summed E-state index contributed by atoms with van der Waals surface area (Å²) >= 11 is 0. The summed E-state index contributed by atoms with van der Waals surface area (Å²) in [5.74, 6) is 1.20. The first-order valence-corrected chi connectivity index (χ1v) is 11.5. The molecule has 3 N–H and O–H groups in total. The van der Waals surface area contributed by atoms with Gasteiger partial charge in [0, 0.05) is 39.2 Å². The topological polar surface area (TPSA) is 60.9 Å². The summed E-state index contributed by atoms with van der Waals surface area (Å²) in [6.45, 7) is 14.4. The first-order chi connectivity index (χ1) is 13.7. The number of hydrogen-bond donors (Lipinski definition) is 3. The lowest BCUT2D eigenvalue weighted by atomic mass is 10.00. The van der Waals surface area contributed by atoms with Gasteiger partial charge in [-0.25, -0.2) is 4.99 Å². The van der Waals surface area contributed by atoms with E-state index in [1.165, 1.54) is 42.7 Å². The molecule has 4 heterocycles. The summed E-state index contributed by atoms with van der Waals surface area (Å²) in [6.07, 6.45) is 6.07. The Morgan fingerprint density at radius 3 is 2.61 bits per heavy atom. The quantitative estimate of drug-likeness (QED) is 0.495. The second kappa shape index (κ2) is 10.7. The molecule has 4 rings (SSSR count). The van der Waals surface area contributed by atoms with E-state index in [4.69, 9.17) is 9.73 Å². The van der Waals surface area contributed by atoms with Crippen LogP contribution in [0.3, 0.4) is 0 Å². The number of hydrogen-bond acceptors (Lipinski definition) is 5. The summed E-state index contributed by atoms with van der Waals surface area (Å²) < 4.78 is 6.11. The van der Waals surface area contributed by atoms with Crippen molar-refractivity contribution in [1.82, 2.24) is 20.9 Å². The Morgan fingerprint density at radius 2 is 1.96 bits per heavy atom. The molecule has 2 bridgehead atoms. The van der Waals surface area contributed by atoms with Crippen molar-refractivity contribution >= 4 is 5.84 Å². The molecule has 28 heavy (non-hydrogen) atoms. The zero-order chi connectivity index (χ0) is 19.9. The van der Waals surface area contributed by atoms with Gasteiger partial charge in [0.2, 0.25) is 0 Å². The Hall–Kier alpha value is -0.950. The molecule has 0 aromatic carbocycles. The Labute approximate surface area is 173 Å². The van der Waals surface area contributed by atoms with Gasteiger partial charge in [-0.3, -0.25) is 0 Å². The third kappa shape index (κ3) is 5.56. The molecular weight excluding hydrogens is 350 g/mol. The third-order valence-corrected chi connectivity index (χ3v) is 6.25. The van der Waals surface area contributed by atoms with E-state index in [2.05, 4.69) is 34.7 Å². The molecule has 3 unspecified atom stereocenters. The Morgan fingerprint density at radius 1 is 1.21 bits per heavy atom. The van der Waals surface area contributed by atoms with E-state index in [9.17, 15) is 0 Å². The molecule has 0 aromatic rings. The van der Waals surface area contributed by atoms with E-state index >= 15 is 0 Å². The molecule has 3 saturated heterocycles. The molecule has 0 aliphatic carbocycles. The highest BCUT2D eigenvalue weighted by molar-refractivity contribution is 5.99. The van der Waals surface area contributed by atoms with E-state index in [0.717, 1.165) is 45.8 Å². The van der Waals surface area contributed by atoms with Gasteiger partial charge in [-0.2, -0.15) is 0 Å². The number of nitrogens with one attached hydrogen (secondary N) is 3. The molecule has 0 amide bonds. The Balaban J connectivity index is 0.000000970. The first kappa shape index (κ1) is 21.8. The predicted octanol–water partition coefficient (Wildman–Crippen LogP) is 2.52. The van der Waals surface area contributed by atoms with Gasteiger partial charge in [0.25, 0.3) is 0 Å². The minimum absolute atomic E-state index is 0. The minimum Gasteiger partial charge on any atom is -0.355 e. The number of amidine groups is 1. The van der Waals surface area contributed by atoms with Crippen molar-refractivity contribution in [2.45, 2.75) is 84.2 Å². The average Bonchev–Trinajstić information content (AvgIpc) is 3.36. The molecule has 162 valence electrons. The Bertz CT molecular complexity index is 549. The van der Waals surface area contributed by atoms with Crippen LogP contribution in [0, 0.1) is 0 Å². The van der Waals surface area contributed by atoms with Gasteiger partial charge >= 0.3 is 0 Å². The number of aliphatic imine (C=N–C) groups is 1. The fourth-order valence-corrected chi connectivity index (χ4v) is 4.80. The molecule has 4 aliphatic rings. The normalized spacial score (nSPS) is 31.6. The summed E-state index contributed by atoms with van der Waals surface area (Å²) in [5.41, 5.74) is 2.88. The van der Waals surface area contributed by atoms with Crippen molar-refractivity contribution in [3.63, 3.8) is 0 Å². The van der Waals surface area contributed by atoms with Crippen LogP contribution in [0.15, 0.2) is 16.1 Å². The smallest absolute Gasteiger partial charge is 0.147 e. The monoisotopic (exact) mass is 393 g/mol. The van der Waals surface area contributed by atoms with Crippen molar-refractivity contribution in [1.29, 1.82) is 0 Å². The molecule has 0 saturated carbocycles. The van der Waals surface area contributed by atoms with Crippen LogP contribution < -0.4 is 16.0 Å². The van der Waals surface area contributed by atoms with Gasteiger partial charge in [0.15, 0.2) is 0 Å². The minimum atomic E-state index is -0.0878. The summed E-state index contributed by atoms with van der Waals surface area (Å²) in [6, 6.07) is 1.76. The number of fused-ring (bicyclic) bond motifs is 2. The van der Waals surface area contributed by atoms with Crippen LogP contribution in [0.5, 0.6) is 0 Å². The molecular formula is C22H43N5O. The summed E-state index contributed by atoms with van der Waals surface area (Å²) in [4.78, 5) is 7.65. The van der Waals surface area contributed by atoms with E-state index in [1.807, 2.05) is 13.8 Å². The Kier molecular flexibility index (Phi) is 8.33. The van der Waals surface area contributed by atoms with Gasteiger partial charge in [-0.1, -0.05) is 19.4 Å². The third-order valence-electron chi connectivity index (χ3n) is 6.25. The first-order valence-electron chi connectivity index (χ1n) is 11.5. The number of piperazine rings is 1. The van der Waals surface area contributed by atoms with Crippen LogP contribution >= 0.6 is 0 Å². The molecule has 6 heteroatoms. The van der Waals surface area contributed by atoms with E-state index in [1.54, 1.807) is 0 Å². The highest BCUT2D eigenvalue weighted by atomic mass is 16.5. The van der Waals surface area contributed by atoms with Crippen molar-refractivity contribution in [3.8, 4) is 0 Å². The second-order valence-electron chi connectivity index (χ2n) is 8.41. The SMILES string of the molecule is CC.CC1=C(/C(=N\C(C)OC[C@@H]2CCCN2)N2CC3CCC(C2)N3)CCNC1.[HH]. The van der Waals surface area contributed by atoms with Crippen LogP contribution in [-0.2, 0) is 4.74 Å².